The van der Waals surface area contributed by atoms with E-state index in [9.17, 15) is 22.8 Å². The number of hydrogen-bond donors (Lipinski definition) is 0. The summed E-state index contributed by atoms with van der Waals surface area (Å²) >= 11 is 0. The third kappa shape index (κ3) is 5.89. The molecule has 1 saturated heterocycles. The SMILES string of the molecule is CC/C(=C\c1ccccc1)[C@@H]1C[C@H]1N(C(=O)C(F)(F)F)C1CC2(CCN(C(=O)OC(C)(C)C)CC2)C1. The lowest BCUT2D eigenvalue weighted by atomic mass is 9.60. The van der Waals surface area contributed by atoms with Crippen LogP contribution in [0.3, 0.4) is 0 Å². The van der Waals surface area contributed by atoms with Gasteiger partial charge in [0, 0.05) is 31.1 Å². The summed E-state index contributed by atoms with van der Waals surface area (Å²) in [5.74, 6) is -1.75. The van der Waals surface area contributed by atoms with Crippen LogP contribution in [0.4, 0.5) is 18.0 Å². The summed E-state index contributed by atoms with van der Waals surface area (Å²) in [6.07, 6.45) is 0.691. The lowest BCUT2D eigenvalue weighted by Gasteiger charge is -2.55. The second-order valence-electron chi connectivity index (χ2n) is 11.6. The molecule has 2 aliphatic carbocycles. The van der Waals surface area contributed by atoms with Crippen molar-refractivity contribution in [3.05, 3.63) is 41.5 Å². The molecule has 5 nitrogen and oxygen atoms in total. The number of rotatable bonds is 5. The lowest BCUT2D eigenvalue weighted by molar-refractivity contribution is -0.194. The van der Waals surface area contributed by atoms with Crippen LogP contribution in [-0.4, -0.2) is 58.8 Å². The van der Waals surface area contributed by atoms with E-state index in [1.165, 1.54) is 0 Å². The van der Waals surface area contributed by atoms with Crippen molar-refractivity contribution < 1.29 is 27.5 Å². The Balaban J connectivity index is 1.41. The van der Waals surface area contributed by atoms with Crippen LogP contribution in [-0.2, 0) is 9.53 Å². The molecular weight excluding hydrogens is 469 g/mol. The monoisotopic (exact) mass is 506 g/mol. The molecule has 0 bridgehead atoms. The average Bonchev–Trinajstić information content (AvgIpc) is 3.56. The van der Waals surface area contributed by atoms with Gasteiger partial charge in [0.05, 0.1) is 0 Å². The summed E-state index contributed by atoms with van der Waals surface area (Å²) in [6, 6.07) is 8.94. The standard InChI is InChI=1S/C28H37F3N2O3/c1-5-20(15-19-9-7-6-8-10-19)22-16-23(22)33(24(34)28(29,30)31)21-17-27(18-21)11-13-32(14-12-27)25(35)36-26(2,3)4/h6-10,15,21-23H,5,11-14,16-18H2,1-4H3/b20-15+/t22-,23+/m0/s1. The normalized spacial score (nSPS) is 24.3. The molecule has 1 spiro atoms. The number of carbonyl (C=O) groups is 2. The molecule has 4 rings (SSSR count). The maximum atomic E-state index is 13.6. The Kier molecular flexibility index (Phi) is 7.19. The molecule has 0 N–H and O–H groups in total. The molecule has 1 aromatic carbocycles. The van der Waals surface area contributed by atoms with Crippen LogP contribution in [0.25, 0.3) is 6.08 Å². The molecule has 3 aliphatic rings. The molecule has 1 aromatic rings. The van der Waals surface area contributed by atoms with Crippen molar-refractivity contribution in [2.24, 2.45) is 11.3 Å². The van der Waals surface area contributed by atoms with E-state index in [-0.39, 0.29) is 17.4 Å². The first-order valence-electron chi connectivity index (χ1n) is 12.9. The smallest absolute Gasteiger partial charge is 0.444 e. The predicted molar refractivity (Wildman–Crippen MR) is 132 cm³/mol. The zero-order chi connectivity index (χ0) is 26.3. The molecule has 198 valence electrons. The van der Waals surface area contributed by atoms with Gasteiger partial charge in [0.1, 0.15) is 5.60 Å². The van der Waals surface area contributed by atoms with E-state index in [1.54, 1.807) is 4.90 Å². The van der Waals surface area contributed by atoms with Gasteiger partial charge >= 0.3 is 18.2 Å². The van der Waals surface area contributed by atoms with Gasteiger partial charge in [-0.15, -0.1) is 0 Å². The van der Waals surface area contributed by atoms with E-state index in [1.807, 2.05) is 58.0 Å². The molecule has 8 heteroatoms. The van der Waals surface area contributed by atoms with Crippen molar-refractivity contribution in [3.8, 4) is 0 Å². The highest BCUT2D eigenvalue weighted by Crippen LogP contribution is 2.55. The van der Waals surface area contributed by atoms with Gasteiger partial charge in [-0.1, -0.05) is 48.9 Å². The van der Waals surface area contributed by atoms with Gasteiger partial charge in [0.2, 0.25) is 0 Å². The summed E-state index contributed by atoms with van der Waals surface area (Å²) < 4.78 is 46.3. The van der Waals surface area contributed by atoms with Gasteiger partial charge in [0.25, 0.3) is 0 Å². The first-order valence-corrected chi connectivity index (χ1v) is 12.9. The second kappa shape index (κ2) is 9.75. The quantitative estimate of drug-likeness (QED) is 0.462. The van der Waals surface area contributed by atoms with Crippen molar-refractivity contribution in [1.29, 1.82) is 0 Å². The number of piperidine rings is 1. The van der Waals surface area contributed by atoms with Crippen molar-refractivity contribution in [2.45, 2.75) is 90.1 Å². The van der Waals surface area contributed by atoms with Crippen LogP contribution in [0, 0.1) is 11.3 Å². The van der Waals surface area contributed by atoms with Crippen LogP contribution in [0.1, 0.15) is 71.8 Å². The first-order chi connectivity index (χ1) is 16.8. The van der Waals surface area contributed by atoms with Crippen molar-refractivity contribution in [1.82, 2.24) is 9.80 Å². The topological polar surface area (TPSA) is 49.9 Å². The number of nitrogens with zero attached hydrogens (tertiary/aromatic N) is 2. The van der Waals surface area contributed by atoms with Gasteiger partial charge < -0.3 is 14.5 Å². The molecule has 0 unspecified atom stereocenters. The minimum Gasteiger partial charge on any atom is -0.444 e. The van der Waals surface area contributed by atoms with Crippen LogP contribution in [0.2, 0.25) is 0 Å². The Labute approximate surface area is 211 Å². The molecule has 0 aromatic heterocycles. The fraction of sp³-hybridized carbons (Fsp3) is 0.643. The van der Waals surface area contributed by atoms with Gasteiger partial charge in [-0.3, -0.25) is 4.79 Å². The van der Waals surface area contributed by atoms with Crippen molar-refractivity contribution in [3.63, 3.8) is 0 Å². The summed E-state index contributed by atoms with van der Waals surface area (Å²) in [4.78, 5) is 27.8. The van der Waals surface area contributed by atoms with Crippen molar-refractivity contribution >= 4 is 18.1 Å². The zero-order valence-electron chi connectivity index (χ0n) is 21.6. The number of amides is 2. The van der Waals surface area contributed by atoms with Crippen LogP contribution < -0.4 is 0 Å². The van der Waals surface area contributed by atoms with E-state index in [0.29, 0.717) is 32.4 Å². The number of benzene rings is 1. The highest BCUT2D eigenvalue weighted by molar-refractivity contribution is 5.83. The highest BCUT2D eigenvalue weighted by Gasteiger charge is 2.59. The Hall–Kier alpha value is -2.51. The van der Waals surface area contributed by atoms with Gasteiger partial charge in [-0.25, -0.2) is 4.79 Å². The number of alkyl halides is 3. The Bertz CT molecular complexity index is 984. The number of carbonyl (C=O) groups excluding carboxylic acids is 2. The predicted octanol–water partition coefficient (Wildman–Crippen LogP) is 6.44. The highest BCUT2D eigenvalue weighted by atomic mass is 19.4. The van der Waals surface area contributed by atoms with E-state index < -0.39 is 29.8 Å². The van der Waals surface area contributed by atoms with E-state index in [0.717, 1.165) is 35.3 Å². The van der Waals surface area contributed by atoms with E-state index in [2.05, 4.69) is 6.08 Å². The van der Waals surface area contributed by atoms with E-state index in [4.69, 9.17) is 4.74 Å². The van der Waals surface area contributed by atoms with Crippen LogP contribution >= 0.6 is 0 Å². The second-order valence-corrected chi connectivity index (χ2v) is 11.6. The van der Waals surface area contributed by atoms with Crippen LogP contribution in [0.15, 0.2) is 35.9 Å². The molecular formula is C28H37F3N2O3. The van der Waals surface area contributed by atoms with E-state index >= 15 is 0 Å². The fourth-order valence-electron chi connectivity index (χ4n) is 5.89. The maximum Gasteiger partial charge on any atom is 0.471 e. The summed E-state index contributed by atoms with van der Waals surface area (Å²) in [6.45, 7) is 8.54. The fourth-order valence-corrected chi connectivity index (χ4v) is 5.89. The summed E-state index contributed by atoms with van der Waals surface area (Å²) in [5, 5.41) is 0. The molecule has 3 fully saturated rings. The third-order valence-corrected chi connectivity index (χ3v) is 7.83. The van der Waals surface area contributed by atoms with Gasteiger partial charge in [-0.2, -0.15) is 13.2 Å². The molecule has 2 atom stereocenters. The average molecular weight is 507 g/mol. The maximum absolute atomic E-state index is 13.6. The van der Waals surface area contributed by atoms with Crippen LogP contribution in [0.5, 0.6) is 0 Å². The zero-order valence-corrected chi connectivity index (χ0v) is 21.6. The van der Waals surface area contributed by atoms with Crippen molar-refractivity contribution in [2.75, 3.05) is 13.1 Å². The third-order valence-electron chi connectivity index (χ3n) is 7.83. The summed E-state index contributed by atoms with van der Waals surface area (Å²) in [5.41, 5.74) is 1.43. The summed E-state index contributed by atoms with van der Waals surface area (Å²) in [7, 11) is 0. The Morgan fingerprint density at radius 3 is 2.25 bits per heavy atom. The van der Waals surface area contributed by atoms with Gasteiger partial charge in [0.15, 0.2) is 0 Å². The number of likely N-dealkylation sites (tertiary alicyclic amines) is 1. The molecule has 2 amide bonds. The Morgan fingerprint density at radius 2 is 1.72 bits per heavy atom. The Morgan fingerprint density at radius 1 is 1.11 bits per heavy atom. The largest absolute Gasteiger partial charge is 0.471 e. The number of halogens is 3. The molecule has 1 heterocycles. The molecule has 1 aliphatic heterocycles. The number of ether oxygens (including phenoxy) is 1. The minimum atomic E-state index is -4.88. The first kappa shape index (κ1) is 26.6. The molecule has 2 saturated carbocycles. The minimum absolute atomic E-state index is 0.0351. The van der Waals surface area contributed by atoms with Gasteiger partial charge in [-0.05, 0) is 70.3 Å². The molecule has 36 heavy (non-hydrogen) atoms. The lowest BCUT2D eigenvalue weighted by Crippen LogP contribution is -2.59. The number of hydrogen-bond acceptors (Lipinski definition) is 3. The molecule has 0 radical (unpaired) electrons.